The number of nitriles is 1. The standard InChI is InChI=1S/C38H41N9O3/c1-4-47(31-10-11-33-32(20-31)36(44-43-33)28-9-12-34(50-3)30(19-28)21-39)38(49)29-13-16-45(22-29)23-35(48)46-17-14-26(15-18-46)25-5-7-27(8-6-25)37(40)42-24-41-2/h5-12,14,19-20,24,29H,4,13,15-18,22-23H2,1-3H3,(H,43,44)(H2,40,41,42)/t29-/m1/s1. The van der Waals surface area contributed by atoms with E-state index in [2.05, 4.69) is 37.2 Å². The number of carbonyl (C=O) groups is 2. The average Bonchev–Trinajstić information content (AvgIpc) is 3.81. The Hall–Kier alpha value is -5.80. The van der Waals surface area contributed by atoms with E-state index < -0.39 is 0 Å². The lowest BCUT2D eigenvalue weighted by Gasteiger charge is -2.29. The van der Waals surface area contributed by atoms with Crippen LogP contribution < -0.4 is 15.4 Å². The Labute approximate surface area is 291 Å². The molecule has 1 saturated heterocycles. The van der Waals surface area contributed by atoms with E-state index in [9.17, 15) is 14.9 Å². The second-order valence-electron chi connectivity index (χ2n) is 12.4. The predicted molar refractivity (Wildman–Crippen MR) is 196 cm³/mol. The zero-order valence-corrected chi connectivity index (χ0v) is 28.6. The van der Waals surface area contributed by atoms with Crippen molar-refractivity contribution < 1.29 is 14.3 Å². The van der Waals surface area contributed by atoms with Gasteiger partial charge < -0.3 is 20.3 Å². The van der Waals surface area contributed by atoms with Gasteiger partial charge in [0, 0.05) is 55.4 Å². The summed E-state index contributed by atoms with van der Waals surface area (Å²) in [6.45, 7) is 5.21. The Kier molecular flexibility index (Phi) is 10.3. The summed E-state index contributed by atoms with van der Waals surface area (Å²) in [6, 6.07) is 21.3. The fourth-order valence-corrected chi connectivity index (χ4v) is 6.70. The van der Waals surface area contributed by atoms with Crippen molar-refractivity contribution in [3.05, 3.63) is 83.4 Å². The predicted octanol–water partition coefficient (Wildman–Crippen LogP) is 4.46. The molecule has 1 fully saturated rings. The molecular weight excluding hydrogens is 630 g/mol. The summed E-state index contributed by atoms with van der Waals surface area (Å²) in [5.41, 5.74) is 12.7. The summed E-state index contributed by atoms with van der Waals surface area (Å²) in [7, 11) is 3.18. The van der Waals surface area contributed by atoms with Crippen LogP contribution in [0.4, 0.5) is 5.69 Å². The van der Waals surface area contributed by atoms with E-state index in [1.54, 1.807) is 19.2 Å². The van der Waals surface area contributed by atoms with Crippen LogP contribution in [-0.4, -0.2) is 97.4 Å². The molecule has 0 saturated carbocycles. The third-order valence-electron chi connectivity index (χ3n) is 9.44. The van der Waals surface area contributed by atoms with Gasteiger partial charge in [-0.15, -0.1) is 0 Å². The van der Waals surface area contributed by atoms with Crippen LogP contribution >= 0.6 is 0 Å². The number of aliphatic imine (C=N–C) groups is 2. The number of H-pyrrole nitrogens is 1. The monoisotopic (exact) mass is 671 g/mol. The van der Waals surface area contributed by atoms with E-state index in [-0.39, 0.29) is 17.7 Å². The second-order valence-corrected chi connectivity index (χ2v) is 12.4. The van der Waals surface area contributed by atoms with E-state index in [1.807, 2.05) is 65.3 Å². The number of fused-ring (bicyclic) bond motifs is 1. The molecule has 3 N–H and O–H groups in total. The number of amides is 2. The third kappa shape index (κ3) is 7.13. The Morgan fingerprint density at radius 1 is 1.14 bits per heavy atom. The number of likely N-dealkylation sites (tertiary alicyclic amines) is 1. The normalized spacial score (nSPS) is 16.8. The van der Waals surface area contributed by atoms with Crippen LogP contribution in [0.15, 0.2) is 76.7 Å². The first-order valence-electron chi connectivity index (χ1n) is 16.7. The number of rotatable bonds is 10. The van der Waals surface area contributed by atoms with E-state index in [0.29, 0.717) is 68.5 Å². The molecule has 6 rings (SSSR count). The lowest BCUT2D eigenvalue weighted by atomic mass is 9.98. The van der Waals surface area contributed by atoms with Gasteiger partial charge in [-0.2, -0.15) is 10.4 Å². The molecule has 2 aliphatic heterocycles. The van der Waals surface area contributed by atoms with Gasteiger partial charge in [0.1, 0.15) is 29.7 Å². The molecule has 3 aromatic carbocycles. The largest absolute Gasteiger partial charge is 0.495 e. The van der Waals surface area contributed by atoms with Crippen molar-refractivity contribution >= 4 is 46.2 Å². The number of nitrogens with one attached hydrogen (secondary N) is 1. The first-order chi connectivity index (χ1) is 24.3. The summed E-state index contributed by atoms with van der Waals surface area (Å²) < 4.78 is 5.30. The molecular formula is C38H41N9O3. The molecule has 0 unspecified atom stereocenters. The SMILES string of the molecule is CCN(C(=O)[C@@H]1CCN(CC(=O)N2CC=C(c3ccc(C(N)=NC=NC)cc3)CC2)C1)c1ccc2[nH]nc(-c3ccc(OC)c(C#N)c3)c2c1. The van der Waals surface area contributed by atoms with Gasteiger partial charge in [0.25, 0.3) is 0 Å². The Balaban J connectivity index is 1.07. The molecule has 1 atom stereocenters. The molecule has 256 valence electrons. The highest BCUT2D eigenvalue weighted by molar-refractivity contribution is 6.02. The zero-order valence-electron chi connectivity index (χ0n) is 28.6. The van der Waals surface area contributed by atoms with Crippen LogP contribution in [0.25, 0.3) is 27.7 Å². The number of carbonyl (C=O) groups excluding carboxylic acids is 2. The van der Waals surface area contributed by atoms with Gasteiger partial charge in [0.05, 0.1) is 30.7 Å². The first-order valence-corrected chi connectivity index (χ1v) is 16.7. The summed E-state index contributed by atoms with van der Waals surface area (Å²) >= 11 is 0. The lowest BCUT2D eigenvalue weighted by Crippen LogP contribution is -2.42. The number of nitrogens with zero attached hydrogens (tertiary/aromatic N) is 7. The summed E-state index contributed by atoms with van der Waals surface area (Å²) in [5, 5.41) is 18.0. The molecule has 0 radical (unpaired) electrons. The number of methoxy groups -OCH3 is 1. The van der Waals surface area contributed by atoms with Gasteiger partial charge in [-0.25, -0.2) is 4.99 Å². The number of ether oxygens (including phenoxy) is 1. The number of nitrogens with two attached hydrogens (primary N) is 1. The van der Waals surface area contributed by atoms with Crippen molar-refractivity contribution in [1.29, 1.82) is 5.26 Å². The second kappa shape index (κ2) is 15.2. The van der Waals surface area contributed by atoms with E-state index in [0.717, 1.165) is 39.7 Å². The maximum absolute atomic E-state index is 13.9. The van der Waals surface area contributed by atoms with E-state index >= 15 is 0 Å². The fraction of sp³-hybridized carbons (Fsp3) is 0.316. The molecule has 12 heteroatoms. The van der Waals surface area contributed by atoms with Crippen molar-refractivity contribution in [2.45, 2.75) is 19.8 Å². The minimum absolute atomic E-state index is 0.0474. The van der Waals surface area contributed by atoms with Crippen molar-refractivity contribution in [1.82, 2.24) is 20.0 Å². The number of aromatic amines is 1. The number of hydrogen-bond acceptors (Lipinski definition) is 7. The third-order valence-corrected chi connectivity index (χ3v) is 9.44. The number of benzene rings is 3. The van der Waals surface area contributed by atoms with Crippen molar-refractivity contribution in [3.8, 4) is 23.1 Å². The number of aromatic nitrogens is 2. The highest BCUT2D eigenvalue weighted by Crippen LogP contribution is 2.33. The molecule has 0 aliphatic carbocycles. The number of anilines is 1. The smallest absolute Gasteiger partial charge is 0.237 e. The fourth-order valence-electron chi connectivity index (χ4n) is 6.70. The van der Waals surface area contributed by atoms with Crippen molar-refractivity contribution in [2.75, 3.05) is 58.3 Å². The summed E-state index contributed by atoms with van der Waals surface area (Å²) in [6.07, 6.45) is 5.01. The van der Waals surface area contributed by atoms with Crippen LogP contribution in [0.5, 0.6) is 5.75 Å². The average molecular weight is 672 g/mol. The molecule has 1 aromatic heterocycles. The highest BCUT2D eigenvalue weighted by atomic mass is 16.5. The molecule has 2 amide bonds. The van der Waals surface area contributed by atoms with E-state index in [4.69, 9.17) is 10.5 Å². The zero-order chi connectivity index (χ0) is 35.2. The molecule has 4 aromatic rings. The van der Waals surface area contributed by atoms with Crippen LogP contribution in [-0.2, 0) is 9.59 Å². The highest BCUT2D eigenvalue weighted by Gasteiger charge is 2.33. The maximum Gasteiger partial charge on any atom is 0.237 e. The van der Waals surface area contributed by atoms with Gasteiger partial charge in [-0.3, -0.25) is 24.6 Å². The quantitative estimate of drug-likeness (QED) is 0.186. The van der Waals surface area contributed by atoms with Gasteiger partial charge in [0.2, 0.25) is 11.8 Å². The Bertz CT molecular complexity index is 2020. The van der Waals surface area contributed by atoms with Crippen LogP contribution in [0.2, 0.25) is 0 Å². The summed E-state index contributed by atoms with van der Waals surface area (Å²) in [4.78, 5) is 40.9. The number of hydrogen-bond donors (Lipinski definition) is 2. The maximum atomic E-state index is 13.9. The molecule has 2 aliphatic rings. The van der Waals surface area contributed by atoms with Crippen molar-refractivity contribution in [2.24, 2.45) is 21.6 Å². The Morgan fingerprint density at radius 3 is 2.64 bits per heavy atom. The van der Waals surface area contributed by atoms with Gasteiger partial charge >= 0.3 is 0 Å². The molecule has 12 nitrogen and oxygen atoms in total. The van der Waals surface area contributed by atoms with Crippen LogP contribution in [0, 0.1) is 17.2 Å². The number of amidine groups is 1. The topological polar surface area (TPSA) is 156 Å². The molecule has 3 heterocycles. The Morgan fingerprint density at radius 2 is 1.94 bits per heavy atom. The van der Waals surface area contributed by atoms with Crippen LogP contribution in [0.3, 0.4) is 0 Å². The summed E-state index contributed by atoms with van der Waals surface area (Å²) in [5.74, 6) is 0.839. The molecule has 50 heavy (non-hydrogen) atoms. The van der Waals surface area contributed by atoms with Crippen LogP contribution in [0.1, 0.15) is 36.5 Å². The first kappa shape index (κ1) is 34.1. The molecule has 0 bridgehead atoms. The van der Waals surface area contributed by atoms with Crippen molar-refractivity contribution in [3.63, 3.8) is 0 Å². The van der Waals surface area contributed by atoms with E-state index in [1.165, 1.54) is 19.0 Å². The van der Waals surface area contributed by atoms with Gasteiger partial charge in [0.15, 0.2) is 0 Å². The lowest BCUT2D eigenvalue weighted by molar-refractivity contribution is -0.132. The van der Waals surface area contributed by atoms with Gasteiger partial charge in [-0.05, 0) is 73.8 Å². The minimum Gasteiger partial charge on any atom is -0.495 e. The van der Waals surface area contributed by atoms with Gasteiger partial charge in [-0.1, -0.05) is 30.3 Å². The minimum atomic E-state index is -0.203. The molecule has 0 spiro atoms.